The van der Waals surface area contributed by atoms with Crippen LogP contribution in [0.3, 0.4) is 0 Å². The number of urea groups is 1. The topological polar surface area (TPSA) is 79.2 Å². The molecule has 1 atom stereocenters. The molecular weight excluding hydrogens is 268 g/mol. The van der Waals surface area contributed by atoms with Crippen molar-refractivity contribution in [1.82, 2.24) is 15.1 Å². The van der Waals surface area contributed by atoms with Gasteiger partial charge in [-0.3, -0.25) is 5.32 Å². The lowest BCUT2D eigenvalue weighted by molar-refractivity contribution is 0.184. The van der Waals surface area contributed by atoms with Crippen molar-refractivity contribution in [2.45, 2.75) is 26.4 Å². The molecule has 0 radical (unpaired) electrons. The lowest BCUT2D eigenvalue weighted by atomic mass is 10.2. The predicted molar refractivity (Wildman–Crippen MR) is 81.6 cm³/mol. The molecule has 0 fully saturated rings. The van der Waals surface area contributed by atoms with E-state index in [1.165, 1.54) is 0 Å². The third-order valence-corrected chi connectivity index (χ3v) is 3.08. The van der Waals surface area contributed by atoms with Gasteiger partial charge in [0.25, 0.3) is 0 Å². The van der Waals surface area contributed by atoms with E-state index in [2.05, 4.69) is 15.7 Å². The number of aryl methyl sites for hydroxylation is 1. The number of aliphatic hydroxyl groups is 1. The van der Waals surface area contributed by atoms with E-state index >= 15 is 0 Å². The number of carbonyl (C=O) groups is 1. The molecule has 0 aliphatic carbocycles. The summed E-state index contributed by atoms with van der Waals surface area (Å²) in [4.78, 5) is 11.8. The molecular formula is C15H20N4O2. The summed E-state index contributed by atoms with van der Waals surface area (Å²) in [7, 11) is 0. The van der Waals surface area contributed by atoms with E-state index in [1.54, 1.807) is 23.9 Å². The minimum absolute atomic E-state index is 0.314. The van der Waals surface area contributed by atoms with Crippen molar-refractivity contribution in [3.8, 4) is 5.69 Å². The Morgan fingerprint density at radius 2 is 2.14 bits per heavy atom. The van der Waals surface area contributed by atoms with Gasteiger partial charge >= 0.3 is 6.03 Å². The number of amides is 2. The van der Waals surface area contributed by atoms with Crippen LogP contribution in [0.4, 0.5) is 10.6 Å². The van der Waals surface area contributed by atoms with Crippen molar-refractivity contribution in [2.75, 3.05) is 11.9 Å². The number of para-hydroxylation sites is 1. The number of anilines is 1. The molecule has 2 amide bonds. The molecule has 0 spiro atoms. The Labute approximate surface area is 123 Å². The molecule has 0 saturated heterocycles. The summed E-state index contributed by atoms with van der Waals surface area (Å²) in [5, 5.41) is 18.9. The zero-order valence-electron chi connectivity index (χ0n) is 12.2. The predicted octanol–water partition coefficient (Wildman–Crippen LogP) is 2.07. The highest BCUT2D eigenvalue weighted by molar-refractivity contribution is 5.88. The molecule has 0 aliphatic rings. The SMILES string of the molecule is Cc1ccccc1-n1nccc1NC(=O)NCC[C@H](C)O. The Morgan fingerprint density at radius 1 is 1.38 bits per heavy atom. The first-order valence-electron chi connectivity index (χ1n) is 6.91. The zero-order chi connectivity index (χ0) is 15.2. The highest BCUT2D eigenvalue weighted by Crippen LogP contribution is 2.17. The van der Waals surface area contributed by atoms with Crippen molar-refractivity contribution >= 4 is 11.8 Å². The van der Waals surface area contributed by atoms with Crippen LogP contribution in [0.1, 0.15) is 18.9 Å². The first kappa shape index (κ1) is 15.1. The van der Waals surface area contributed by atoms with E-state index in [0.29, 0.717) is 18.8 Å². The average molecular weight is 288 g/mol. The fourth-order valence-corrected chi connectivity index (χ4v) is 1.95. The van der Waals surface area contributed by atoms with Gasteiger partial charge in [0.1, 0.15) is 5.82 Å². The van der Waals surface area contributed by atoms with Crippen LogP contribution in [0, 0.1) is 6.92 Å². The molecule has 1 heterocycles. The first-order chi connectivity index (χ1) is 10.1. The lowest BCUT2D eigenvalue weighted by Crippen LogP contribution is -2.31. The van der Waals surface area contributed by atoms with Gasteiger partial charge in [0.2, 0.25) is 0 Å². The molecule has 0 saturated carbocycles. The molecule has 21 heavy (non-hydrogen) atoms. The van der Waals surface area contributed by atoms with Crippen LogP contribution in [0.15, 0.2) is 36.5 Å². The lowest BCUT2D eigenvalue weighted by Gasteiger charge is -2.12. The summed E-state index contributed by atoms with van der Waals surface area (Å²) >= 11 is 0. The van der Waals surface area contributed by atoms with Crippen LogP contribution in [0.25, 0.3) is 5.69 Å². The van der Waals surface area contributed by atoms with Crippen LogP contribution >= 0.6 is 0 Å². The average Bonchev–Trinajstić information content (AvgIpc) is 2.86. The van der Waals surface area contributed by atoms with Gasteiger partial charge in [-0.15, -0.1) is 0 Å². The zero-order valence-corrected chi connectivity index (χ0v) is 12.2. The maximum absolute atomic E-state index is 11.8. The first-order valence-corrected chi connectivity index (χ1v) is 6.91. The standard InChI is InChI=1S/C15H20N4O2/c1-11-5-3-4-6-13(11)19-14(8-10-17-19)18-15(21)16-9-7-12(2)20/h3-6,8,10,12,20H,7,9H2,1-2H3,(H2,16,18,21)/t12-/m0/s1. The number of aliphatic hydroxyl groups excluding tert-OH is 1. The second-order valence-corrected chi connectivity index (χ2v) is 4.93. The summed E-state index contributed by atoms with van der Waals surface area (Å²) in [6.07, 6.45) is 1.73. The smallest absolute Gasteiger partial charge is 0.320 e. The van der Waals surface area contributed by atoms with Gasteiger partial charge in [-0.25, -0.2) is 9.48 Å². The molecule has 0 bridgehead atoms. The summed E-state index contributed by atoms with van der Waals surface area (Å²) in [5.41, 5.74) is 1.99. The number of hydrogen-bond acceptors (Lipinski definition) is 3. The Hall–Kier alpha value is -2.34. The van der Waals surface area contributed by atoms with E-state index < -0.39 is 6.10 Å². The van der Waals surface area contributed by atoms with Crippen LogP contribution < -0.4 is 10.6 Å². The third-order valence-electron chi connectivity index (χ3n) is 3.08. The van der Waals surface area contributed by atoms with Crippen LogP contribution in [-0.4, -0.2) is 33.6 Å². The molecule has 0 aliphatic heterocycles. The molecule has 1 aromatic heterocycles. The van der Waals surface area contributed by atoms with Gasteiger partial charge in [-0.1, -0.05) is 18.2 Å². The Kier molecular flexibility index (Phi) is 4.94. The van der Waals surface area contributed by atoms with E-state index in [0.717, 1.165) is 11.3 Å². The van der Waals surface area contributed by atoms with Gasteiger partial charge < -0.3 is 10.4 Å². The molecule has 6 heteroatoms. The quantitative estimate of drug-likeness (QED) is 0.788. The Bertz CT molecular complexity index is 607. The fraction of sp³-hybridized carbons (Fsp3) is 0.333. The molecule has 0 unspecified atom stereocenters. The summed E-state index contributed by atoms with van der Waals surface area (Å²) < 4.78 is 1.68. The second-order valence-electron chi connectivity index (χ2n) is 4.93. The maximum atomic E-state index is 11.8. The van der Waals surface area contributed by atoms with Gasteiger partial charge in [0.05, 0.1) is 18.0 Å². The molecule has 2 rings (SSSR count). The number of benzene rings is 1. The second kappa shape index (κ2) is 6.90. The van der Waals surface area contributed by atoms with E-state index in [-0.39, 0.29) is 6.03 Å². The van der Waals surface area contributed by atoms with Crippen molar-refractivity contribution in [3.63, 3.8) is 0 Å². The normalized spacial score (nSPS) is 12.0. The van der Waals surface area contributed by atoms with Gasteiger partial charge in [-0.05, 0) is 31.9 Å². The molecule has 1 aromatic carbocycles. The van der Waals surface area contributed by atoms with Crippen LogP contribution in [0.5, 0.6) is 0 Å². The van der Waals surface area contributed by atoms with E-state index in [4.69, 9.17) is 5.11 Å². The van der Waals surface area contributed by atoms with Gasteiger partial charge in [-0.2, -0.15) is 5.10 Å². The molecule has 6 nitrogen and oxygen atoms in total. The summed E-state index contributed by atoms with van der Waals surface area (Å²) in [6.45, 7) is 4.10. The third kappa shape index (κ3) is 4.06. The monoisotopic (exact) mass is 288 g/mol. The number of nitrogens with zero attached hydrogens (tertiary/aromatic N) is 2. The summed E-state index contributed by atoms with van der Waals surface area (Å²) in [6, 6.07) is 9.24. The Morgan fingerprint density at radius 3 is 2.86 bits per heavy atom. The van der Waals surface area contributed by atoms with Gasteiger partial charge in [0, 0.05) is 12.6 Å². The molecule has 112 valence electrons. The number of hydrogen-bond donors (Lipinski definition) is 3. The number of carbonyl (C=O) groups excluding carboxylic acids is 1. The summed E-state index contributed by atoms with van der Waals surface area (Å²) in [5.74, 6) is 0.596. The number of nitrogens with one attached hydrogen (secondary N) is 2. The highest BCUT2D eigenvalue weighted by Gasteiger charge is 2.10. The molecule has 3 N–H and O–H groups in total. The van der Waals surface area contributed by atoms with Crippen LogP contribution in [0.2, 0.25) is 0 Å². The van der Waals surface area contributed by atoms with Crippen molar-refractivity contribution in [1.29, 1.82) is 0 Å². The van der Waals surface area contributed by atoms with E-state index in [1.807, 2.05) is 31.2 Å². The van der Waals surface area contributed by atoms with Crippen molar-refractivity contribution in [2.24, 2.45) is 0 Å². The largest absolute Gasteiger partial charge is 0.393 e. The highest BCUT2D eigenvalue weighted by atomic mass is 16.3. The fourth-order valence-electron chi connectivity index (χ4n) is 1.95. The maximum Gasteiger partial charge on any atom is 0.320 e. The van der Waals surface area contributed by atoms with Crippen molar-refractivity contribution < 1.29 is 9.90 Å². The molecule has 2 aromatic rings. The van der Waals surface area contributed by atoms with E-state index in [9.17, 15) is 4.79 Å². The Balaban J connectivity index is 2.04. The van der Waals surface area contributed by atoms with Crippen molar-refractivity contribution in [3.05, 3.63) is 42.1 Å². The number of rotatable bonds is 5. The number of aromatic nitrogens is 2. The minimum atomic E-state index is -0.428. The minimum Gasteiger partial charge on any atom is -0.393 e. The van der Waals surface area contributed by atoms with Crippen LogP contribution in [-0.2, 0) is 0 Å². The van der Waals surface area contributed by atoms with Gasteiger partial charge in [0.15, 0.2) is 0 Å².